The van der Waals surface area contributed by atoms with Crippen LogP contribution in [0.4, 0.5) is 0 Å². The number of aryl methyl sites for hydroxylation is 1. The first kappa shape index (κ1) is 16.3. The Morgan fingerprint density at radius 1 is 1.25 bits per heavy atom. The third-order valence-electron chi connectivity index (χ3n) is 3.63. The average Bonchev–Trinajstić information content (AvgIpc) is 3.31. The van der Waals surface area contributed by atoms with Gasteiger partial charge in [-0.25, -0.2) is 4.98 Å². The lowest BCUT2D eigenvalue weighted by Crippen LogP contribution is -2.30. The van der Waals surface area contributed by atoms with Gasteiger partial charge in [0.25, 0.3) is 5.91 Å². The van der Waals surface area contributed by atoms with Crippen LogP contribution in [0.1, 0.15) is 35.9 Å². The van der Waals surface area contributed by atoms with Gasteiger partial charge in [0.1, 0.15) is 11.6 Å². The van der Waals surface area contributed by atoms with Crippen LogP contribution in [0.25, 0.3) is 10.6 Å². The van der Waals surface area contributed by atoms with Crippen molar-refractivity contribution in [3.8, 4) is 10.6 Å². The molecule has 6 nitrogen and oxygen atoms in total. The largest absolute Gasteiger partial charge is 0.337 e. The predicted octanol–water partition coefficient (Wildman–Crippen LogP) is 3.42. The summed E-state index contributed by atoms with van der Waals surface area (Å²) in [6.45, 7) is 4.77. The zero-order chi connectivity index (χ0) is 16.9. The lowest BCUT2D eigenvalue weighted by Gasteiger charge is -2.18. The zero-order valence-electron chi connectivity index (χ0n) is 13.6. The molecule has 2 aromatic heterocycles. The maximum Gasteiger partial charge on any atom is 0.254 e. The van der Waals surface area contributed by atoms with Gasteiger partial charge in [0.2, 0.25) is 5.89 Å². The number of nitrogens with zero attached hydrogens (tertiary/aromatic N) is 4. The number of hydrogen-bond donors (Lipinski definition) is 0. The van der Waals surface area contributed by atoms with Crippen molar-refractivity contribution in [1.82, 2.24) is 20.0 Å². The van der Waals surface area contributed by atoms with Gasteiger partial charge >= 0.3 is 0 Å². The Morgan fingerprint density at radius 2 is 2.04 bits per heavy atom. The number of benzene rings is 1. The molecule has 3 aromatic rings. The Hall–Kier alpha value is -2.54. The number of aromatic nitrogens is 3. The van der Waals surface area contributed by atoms with Crippen LogP contribution < -0.4 is 0 Å². The Kier molecular flexibility index (Phi) is 5.00. The normalized spacial score (nSPS) is 10.8. The van der Waals surface area contributed by atoms with Gasteiger partial charge in [-0.3, -0.25) is 4.79 Å². The molecule has 7 heteroatoms. The first-order valence-corrected chi connectivity index (χ1v) is 8.70. The molecule has 0 fully saturated rings. The average molecular weight is 342 g/mol. The third kappa shape index (κ3) is 3.51. The van der Waals surface area contributed by atoms with Gasteiger partial charge in [0.05, 0.1) is 0 Å². The Bertz CT molecular complexity index is 796. The molecule has 2 heterocycles. The van der Waals surface area contributed by atoms with E-state index in [9.17, 15) is 4.79 Å². The highest BCUT2D eigenvalue weighted by atomic mass is 32.1. The van der Waals surface area contributed by atoms with Gasteiger partial charge in [0.15, 0.2) is 5.82 Å². The second-order valence-electron chi connectivity index (χ2n) is 5.19. The summed E-state index contributed by atoms with van der Waals surface area (Å²) in [4.78, 5) is 22.9. The maximum atomic E-state index is 12.7. The fourth-order valence-electron chi connectivity index (χ4n) is 2.29. The van der Waals surface area contributed by atoms with E-state index in [1.54, 1.807) is 22.4 Å². The van der Waals surface area contributed by atoms with Crippen LogP contribution in [0.5, 0.6) is 0 Å². The molecule has 0 saturated heterocycles. The van der Waals surface area contributed by atoms with E-state index in [4.69, 9.17) is 4.52 Å². The van der Waals surface area contributed by atoms with Crippen LogP contribution in [0, 0.1) is 0 Å². The van der Waals surface area contributed by atoms with E-state index in [0.29, 0.717) is 36.8 Å². The summed E-state index contributed by atoms with van der Waals surface area (Å²) in [5.41, 5.74) is 1.64. The van der Waals surface area contributed by atoms with E-state index >= 15 is 0 Å². The summed E-state index contributed by atoms with van der Waals surface area (Å²) >= 11 is 1.57. The van der Waals surface area contributed by atoms with E-state index < -0.39 is 0 Å². The molecule has 0 bridgehead atoms. The fraction of sp³-hybridized carbons (Fsp3) is 0.294. The maximum absolute atomic E-state index is 12.7. The van der Waals surface area contributed by atoms with Gasteiger partial charge in [-0.05, 0) is 19.1 Å². The summed E-state index contributed by atoms with van der Waals surface area (Å²) in [5.74, 6) is 1.06. The molecule has 0 N–H and O–H groups in total. The van der Waals surface area contributed by atoms with Gasteiger partial charge in [-0.15, -0.1) is 11.3 Å². The molecule has 3 rings (SSSR count). The Labute approximate surface area is 144 Å². The minimum Gasteiger partial charge on any atom is -0.337 e. The summed E-state index contributed by atoms with van der Waals surface area (Å²) < 4.78 is 5.18. The van der Waals surface area contributed by atoms with Crippen molar-refractivity contribution in [3.05, 3.63) is 53.1 Å². The van der Waals surface area contributed by atoms with Crippen LogP contribution in [0.3, 0.4) is 0 Å². The highest BCUT2D eigenvalue weighted by Gasteiger charge is 2.17. The molecular weight excluding hydrogens is 324 g/mol. The van der Waals surface area contributed by atoms with Crippen molar-refractivity contribution in [2.24, 2.45) is 0 Å². The molecule has 0 saturated carbocycles. The summed E-state index contributed by atoms with van der Waals surface area (Å²) in [5, 5.41) is 6.74. The molecule has 24 heavy (non-hydrogen) atoms. The van der Waals surface area contributed by atoms with Crippen molar-refractivity contribution in [3.63, 3.8) is 0 Å². The minimum absolute atomic E-state index is 0.0561. The lowest BCUT2D eigenvalue weighted by molar-refractivity contribution is 0.0734. The summed E-state index contributed by atoms with van der Waals surface area (Å²) in [7, 11) is 0. The number of amides is 1. The van der Waals surface area contributed by atoms with E-state index in [1.165, 1.54) is 0 Å². The monoisotopic (exact) mass is 342 g/mol. The van der Waals surface area contributed by atoms with Crippen molar-refractivity contribution in [2.45, 2.75) is 26.8 Å². The number of thiazole rings is 1. The van der Waals surface area contributed by atoms with Crippen LogP contribution in [0.15, 0.2) is 40.4 Å². The molecule has 0 aliphatic carbocycles. The Morgan fingerprint density at radius 3 is 2.62 bits per heavy atom. The van der Waals surface area contributed by atoms with Crippen LogP contribution in [0.2, 0.25) is 0 Å². The van der Waals surface area contributed by atoms with Crippen molar-refractivity contribution < 1.29 is 9.32 Å². The van der Waals surface area contributed by atoms with Crippen molar-refractivity contribution >= 4 is 17.2 Å². The van der Waals surface area contributed by atoms with E-state index in [2.05, 4.69) is 15.1 Å². The quantitative estimate of drug-likeness (QED) is 0.686. The number of carbonyl (C=O) groups excluding carboxylic acids is 1. The molecule has 0 aliphatic heterocycles. The molecule has 0 spiro atoms. The summed E-state index contributed by atoms with van der Waals surface area (Å²) in [6, 6.07) is 7.49. The van der Waals surface area contributed by atoms with E-state index in [-0.39, 0.29) is 5.91 Å². The number of rotatable bonds is 6. The van der Waals surface area contributed by atoms with Crippen molar-refractivity contribution in [2.75, 3.05) is 6.54 Å². The molecule has 0 aliphatic rings. The van der Waals surface area contributed by atoms with E-state index in [1.807, 2.05) is 43.5 Å². The number of carbonyl (C=O) groups is 1. The predicted molar refractivity (Wildman–Crippen MR) is 91.6 cm³/mol. The molecule has 0 radical (unpaired) electrons. The molecule has 124 valence electrons. The van der Waals surface area contributed by atoms with E-state index in [0.717, 1.165) is 10.6 Å². The third-order valence-corrected chi connectivity index (χ3v) is 4.45. The molecule has 0 unspecified atom stereocenters. The van der Waals surface area contributed by atoms with Gasteiger partial charge in [0, 0.05) is 35.7 Å². The minimum atomic E-state index is -0.0561. The lowest BCUT2D eigenvalue weighted by atomic mass is 10.1. The van der Waals surface area contributed by atoms with Gasteiger partial charge in [-0.1, -0.05) is 24.2 Å². The van der Waals surface area contributed by atoms with Crippen molar-refractivity contribution in [1.29, 1.82) is 0 Å². The fourth-order valence-corrected chi connectivity index (χ4v) is 2.94. The summed E-state index contributed by atoms with van der Waals surface area (Å²) in [6.07, 6.45) is 2.48. The van der Waals surface area contributed by atoms with Gasteiger partial charge < -0.3 is 9.42 Å². The van der Waals surface area contributed by atoms with Crippen LogP contribution >= 0.6 is 11.3 Å². The van der Waals surface area contributed by atoms with Gasteiger partial charge in [-0.2, -0.15) is 4.98 Å². The smallest absolute Gasteiger partial charge is 0.254 e. The van der Waals surface area contributed by atoms with Crippen LogP contribution in [-0.4, -0.2) is 32.5 Å². The van der Waals surface area contributed by atoms with Crippen LogP contribution in [-0.2, 0) is 13.0 Å². The SMILES string of the molecule is CCc1noc(CN(CC)C(=O)c2ccc(-c3nccs3)cc2)n1. The first-order valence-electron chi connectivity index (χ1n) is 7.82. The molecule has 0 atom stereocenters. The molecule has 1 amide bonds. The highest BCUT2D eigenvalue weighted by molar-refractivity contribution is 7.13. The molecule has 1 aromatic carbocycles. The standard InChI is InChI=1S/C17H18N4O2S/c1-3-14-19-15(23-20-14)11-21(4-2)17(22)13-7-5-12(6-8-13)16-18-9-10-24-16/h5-10H,3-4,11H2,1-2H3. The number of hydrogen-bond acceptors (Lipinski definition) is 6. The highest BCUT2D eigenvalue weighted by Crippen LogP contribution is 2.22. The second kappa shape index (κ2) is 7.35. The second-order valence-corrected chi connectivity index (χ2v) is 6.09. The topological polar surface area (TPSA) is 72.1 Å². The molecular formula is C17H18N4O2S. The Balaban J connectivity index is 1.73. The first-order chi connectivity index (χ1) is 11.7. The zero-order valence-corrected chi connectivity index (χ0v) is 14.4.